The van der Waals surface area contributed by atoms with E-state index in [1.165, 1.54) is 16.2 Å². The van der Waals surface area contributed by atoms with Gasteiger partial charge >= 0.3 is 0 Å². The van der Waals surface area contributed by atoms with Crippen LogP contribution in [0.5, 0.6) is 0 Å². The third-order valence-corrected chi connectivity index (χ3v) is 3.96. The SMILES string of the molecule is CCc1ccc(C(=O)c2ccc(Cl)cc2N)s1. The van der Waals surface area contributed by atoms with Gasteiger partial charge in [0.05, 0.1) is 4.88 Å². The summed E-state index contributed by atoms with van der Waals surface area (Å²) in [6.07, 6.45) is 0.939. The third-order valence-electron chi connectivity index (χ3n) is 2.49. The van der Waals surface area contributed by atoms with E-state index in [-0.39, 0.29) is 5.78 Å². The van der Waals surface area contributed by atoms with Crippen LogP contribution in [0.4, 0.5) is 5.69 Å². The van der Waals surface area contributed by atoms with Crippen LogP contribution in [-0.2, 0) is 6.42 Å². The fourth-order valence-electron chi connectivity index (χ4n) is 1.56. The summed E-state index contributed by atoms with van der Waals surface area (Å²) in [7, 11) is 0. The summed E-state index contributed by atoms with van der Waals surface area (Å²) in [4.78, 5) is 14.1. The van der Waals surface area contributed by atoms with E-state index < -0.39 is 0 Å². The van der Waals surface area contributed by atoms with Crippen molar-refractivity contribution in [2.24, 2.45) is 0 Å². The van der Waals surface area contributed by atoms with E-state index in [4.69, 9.17) is 17.3 Å². The number of halogens is 1. The van der Waals surface area contributed by atoms with Crippen LogP contribution in [0.15, 0.2) is 30.3 Å². The maximum Gasteiger partial charge on any atom is 0.205 e. The molecule has 0 amide bonds. The van der Waals surface area contributed by atoms with Crippen LogP contribution in [-0.4, -0.2) is 5.78 Å². The quantitative estimate of drug-likeness (QED) is 0.678. The molecular formula is C13H12ClNOS. The van der Waals surface area contributed by atoms with Gasteiger partial charge in [-0.3, -0.25) is 4.79 Å². The highest BCUT2D eigenvalue weighted by Crippen LogP contribution is 2.25. The molecule has 0 radical (unpaired) electrons. The van der Waals surface area contributed by atoms with Gasteiger partial charge in [-0.15, -0.1) is 11.3 Å². The van der Waals surface area contributed by atoms with Crippen molar-refractivity contribution in [2.45, 2.75) is 13.3 Å². The number of hydrogen-bond donors (Lipinski definition) is 1. The number of hydrogen-bond acceptors (Lipinski definition) is 3. The molecule has 1 aromatic heterocycles. The highest BCUT2D eigenvalue weighted by Gasteiger charge is 2.14. The van der Waals surface area contributed by atoms with Gasteiger partial charge in [0.25, 0.3) is 0 Å². The lowest BCUT2D eigenvalue weighted by atomic mass is 10.1. The second-order valence-electron chi connectivity index (χ2n) is 3.68. The summed E-state index contributed by atoms with van der Waals surface area (Å²) in [6.45, 7) is 2.07. The first kappa shape index (κ1) is 12.1. The smallest absolute Gasteiger partial charge is 0.205 e. The Labute approximate surface area is 109 Å². The van der Waals surface area contributed by atoms with Crippen molar-refractivity contribution in [3.05, 3.63) is 50.7 Å². The van der Waals surface area contributed by atoms with Gasteiger partial charge in [0, 0.05) is 21.2 Å². The summed E-state index contributed by atoms with van der Waals surface area (Å²) >= 11 is 7.32. The highest BCUT2D eigenvalue weighted by atomic mass is 35.5. The topological polar surface area (TPSA) is 43.1 Å². The predicted molar refractivity (Wildman–Crippen MR) is 73.0 cm³/mol. The molecule has 0 saturated heterocycles. The lowest BCUT2D eigenvalue weighted by Crippen LogP contribution is -2.03. The average Bonchev–Trinajstić information content (AvgIpc) is 2.76. The van der Waals surface area contributed by atoms with Gasteiger partial charge in [-0.1, -0.05) is 18.5 Å². The summed E-state index contributed by atoms with van der Waals surface area (Å²) in [5, 5.41) is 0.541. The first-order valence-corrected chi connectivity index (χ1v) is 6.49. The normalized spacial score (nSPS) is 10.5. The van der Waals surface area contributed by atoms with Crippen molar-refractivity contribution in [1.29, 1.82) is 0 Å². The molecule has 0 aliphatic rings. The first-order valence-electron chi connectivity index (χ1n) is 5.30. The Balaban J connectivity index is 2.36. The number of ketones is 1. The summed E-state index contributed by atoms with van der Waals surface area (Å²) < 4.78 is 0. The van der Waals surface area contributed by atoms with Gasteiger partial charge in [0.15, 0.2) is 0 Å². The molecule has 2 N–H and O–H groups in total. The molecule has 2 nitrogen and oxygen atoms in total. The molecular weight excluding hydrogens is 254 g/mol. The molecule has 88 valence electrons. The van der Waals surface area contributed by atoms with Crippen LogP contribution in [0.1, 0.15) is 27.0 Å². The fourth-order valence-corrected chi connectivity index (χ4v) is 2.65. The Morgan fingerprint density at radius 1 is 1.35 bits per heavy atom. The van der Waals surface area contributed by atoms with Gasteiger partial charge < -0.3 is 5.73 Å². The van der Waals surface area contributed by atoms with Gasteiger partial charge in [-0.25, -0.2) is 0 Å². The molecule has 0 unspecified atom stereocenters. The van der Waals surface area contributed by atoms with Crippen molar-refractivity contribution in [3.8, 4) is 0 Å². The van der Waals surface area contributed by atoms with Crippen molar-refractivity contribution in [2.75, 3.05) is 5.73 Å². The Kier molecular flexibility index (Phi) is 3.50. The zero-order chi connectivity index (χ0) is 12.4. The summed E-state index contributed by atoms with van der Waals surface area (Å²) in [5.74, 6) is -0.0381. The van der Waals surface area contributed by atoms with E-state index in [2.05, 4.69) is 6.92 Å². The van der Waals surface area contributed by atoms with Crippen LogP contribution in [0, 0.1) is 0 Å². The minimum absolute atomic E-state index is 0.0381. The number of benzene rings is 1. The van der Waals surface area contributed by atoms with E-state index >= 15 is 0 Å². The Morgan fingerprint density at radius 2 is 2.12 bits per heavy atom. The van der Waals surface area contributed by atoms with Crippen LogP contribution in [0.25, 0.3) is 0 Å². The number of rotatable bonds is 3. The Bertz CT molecular complexity index is 562. The maximum absolute atomic E-state index is 12.2. The molecule has 4 heteroatoms. The number of carbonyl (C=O) groups excluding carboxylic acids is 1. The minimum Gasteiger partial charge on any atom is -0.398 e. The van der Waals surface area contributed by atoms with Crippen molar-refractivity contribution in [1.82, 2.24) is 0 Å². The number of thiophene rings is 1. The van der Waals surface area contributed by atoms with Crippen LogP contribution < -0.4 is 5.73 Å². The predicted octanol–water partition coefficient (Wildman–Crippen LogP) is 3.78. The Hall–Kier alpha value is -1.32. The van der Waals surface area contributed by atoms with Gasteiger partial charge in [-0.2, -0.15) is 0 Å². The molecule has 2 aromatic rings. The molecule has 0 saturated carbocycles. The molecule has 0 fully saturated rings. The van der Waals surface area contributed by atoms with Gasteiger partial charge in [-0.05, 0) is 36.8 Å². The second kappa shape index (κ2) is 4.90. The third kappa shape index (κ3) is 2.51. The summed E-state index contributed by atoms with van der Waals surface area (Å²) in [5.41, 5.74) is 6.74. The summed E-state index contributed by atoms with van der Waals surface area (Å²) in [6, 6.07) is 8.78. The van der Waals surface area contributed by atoms with E-state index in [0.717, 1.165) is 11.3 Å². The lowest BCUT2D eigenvalue weighted by molar-refractivity contribution is 0.104. The monoisotopic (exact) mass is 265 g/mol. The second-order valence-corrected chi connectivity index (χ2v) is 5.28. The van der Waals surface area contributed by atoms with Crippen LogP contribution in [0.3, 0.4) is 0 Å². The minimum atomic E-state index is -0.0381. The molecule has 0 aliphatic heterocycles. The van der Waals surface area contributed by atoms with Crippen molar-refractivity contribution in [3.63, 3.8) is 0 Å². The molecule has 1 aromatic carbocycles. The van der Waals surface area contributed by atoms with Crippen LogP contribution >= 0.6 is 22.9 Å². The van der Waals surface area contributed by atoms with Gasteiger partial charge in [0.2, 0.25) is 5.78 Å². The highest BCUT2D eigenvalue weighted by molar-refractivity contribution is 7.14. The molecule has 1 heterocycles. The van der Waals surface area contributed by atoms with E-state index in [0.29, 0.717) is 16.3 Å². The first-order chi connectivity index (χ1) is 8.11. The van der Waals surface area contributed by atoms with Gasteiger partial charge in [0.1, 0.15) is 0 Å². The number of aryl methyl sites for hydroxylation is 1. The van der Waals surface area contributed by atoms with Crippen molar-refractivity contribution < 1.29 is 4.79 Å². The number of anilines is 1. The molecule has 0 spiro atoms. The number of nitrogen functional groups attached to an aromatic ring is 1. The Morgan fingerprint density at radius 3 is 2.71 bits per heavy atom. The number of carbonyl (C=O) groups is 1. The zero-order valence-corrected chi connectivity index (χ0v) is 10.9. The molecule has 0 atom stereocenters. The van der Waals surface area contributed by atoms with E-state index in [9.17, 15) is 4.79 Å². The number of nitrogens with two attached hydrogens (primary N) is 1. The lowest BCUT2D eigenvalue weighted by Gasteiger charge is -2.03. The standard InChI is InChI=1S/C13H12ClNOS/c1-2-9-4-6-12(17-9)13(16)10-5-3-8(14)7-11(10)15/h3-7H,2,15H2,1H3. The maximum atomic E-state index is 12.2. The molecule has 0 aliphatic carbocycles. The van der Waals surface area contributed by atoms with Crippen molar-refractivity contribution >= 4 is 34.4 Å². The van der Waals surface area contributed by atoms with E-state index in [1.807, 2.05) is 12.1 Å². The molecule has 2 rings (SSSR count). The fraction of sp³-hybridized carbons (Fsp3) is 0.154. The molecule has 0 bridgehead atoms. The average molecular weight is 266 g/mol. The molecule has 17 heavy (non-hydrogen) atoms. The van der Waals surface area contributed by atoms with Crippen LogP contribution in [0.2, 0.25) is 5.02 Å². The zero-order valence-electron chi connectivity index (χ0n) is 9.37. The largest absolute Gasteiger partial charge is 0.398 e. The van der Waals surface area contributed by atoms with E-state index in [1.54, 1.807) is 18.2 Å².